The Morgan fingerprint density at radius 2 is 2.08 bits per heavy atom. The summed E-state index contributed by atoms with van der Waals surface area (Å²) in [6, 6.07) is 7.53. The van der Waals surface area contributed by atoms with E-state index in [9.17, 15) is 9.59 Å². The van der Waals surface area contributed by atoms with Gasteiger partial charge < -0.3 is 15.8 Å². The fourth-order valence-corrected chi connectivity index (χ4v) is 2.71. The Morgan fingerprint density at radius 3 is 2.72 bits per heavy atom. The lowest BCUT2D eigenvalue weighted by Gasteiger charge is -2.13. The number of hydrogen-bond acceptors (Lipinski definition) is 7. The first-order valence-electron chi connectivity index (χ1n) is 7.75. The molecule has 2 aromatic rings. The minimum absolute atomic E-state index is 0.0301. The first kappa shape index (κ1) is 18.7. The number of ether oxygens (including phenoxy) is 1. The largest absolute Gasteiger partial charge is 0.462 e. The van der Waals surface area contributed by atoms with E-state index in [1.54, 1.807) is 13.8 Å². The van der Waals surface area contributed by atoms with Crippen molar-refractivity contribution in [2.24, 2.45) is 0 Å². The van der Waals surface area contributed by atoms with Gasteiger partial charge in [-0.15, -0.1) is 0 Å². The van der Waals surface area contributed by atoms with Crippen LogP contribution in [0.4, 0.5) is 11.5 Å². The topological polar surface area (TPSA) is 107 Å². The molecule has 1 amide bonds. The third kappa shape index (κ3) is 4.93. The first-order chi connectivity index (χ1) is 11.9. The van der Waals surface area contributed by atoms with Gasteiger partial charge in [-0.3, -0.25) is 4.79 Å². The van der Waals surface area contributed by atoms with Crippen molar-refractivity contribution in [3.8, 4) is 0 Å². The number of rotatable bonds is 6. The van der Waals surface area contributed by atoms with E-state index in [1.807, 2.05) is 31.2 Å². The van der Waals surface area contributed by atoms with Crippen LogP contribution >= 0.6 is 11.8 Å². The van der Waals surface area contributed by atoms with Crippen molar-refractivity contribution in [1.82, 2.24) is 9.97 Å². The van der Waals surface area contributed by atoms with Gasteiger partial charge in [-0.2, -0.15) is 0 Å². The zero-order valence-corrected chi connectivity index (χ0v) is 15.1. The van der Waals surface area contributed by atoms with Crippen LogP contribution in [0.2, 0.25) is 0 Å². The fourth-order valence-electron chi connectivity index (χ4n) is 1.96. The van der Waals surface area contributed by atoms with E-state index in [0.29, 0.717) is 5.16 Å². The SMILES string of the molecule is CCOC(=O)c1cnc(S[C@@H](C)C(=O)Nc2ccccc2C)nc1N. The van der Waals surface area contributed by atoms with E-state index in [-0.39, 0.29) is 23.9 Å². The van der Waals surface area contributed by atoms with Crippen LogP contribution in [-0.2, 0) is 9.53 Å². The molecule has 0 unspecified atom stereocenters. The molecule has 0 aliphatic carbocycles. The maximum Gasteiger partial charge on any atom is 0.343 e. The Balaban J connectivity index is 2.03. The van der Waals surface area contributed by atoms with E-state index < -0.39 is 11.2 Å². The standard InChI is InChI=1S/C17H20N4O3S/c1-4-24-16(23)12-9-19-17(21-14(12)18)25-11(3)15(22)20-13-8-6-5-7-10(13)2/h5-9,11H,4H2,1-3H3,(H,20,22)(H2,18,19,21)/t11-/m0/s1. The number of hydrogen-bond donors (Lipinski definition) is 2. The first-order valence-corrected chi connectivity index (χ1v) is 8.63. The molecule has 1 aromatic carbocycles. The summed E-state index contributed by atoms with van der Waals surface area (Å²) in [4.78, 5) is 32.2. The summed E-state index contributed by atoms with van der Waals surface area (Å²) >= 11 is 1.16. The number of carbonyl (C=O) groups is 2. The number of nitrogens with one attached hydrogen (secondary N) is 1. The van der Waals surface area contributed by atoms with E-state index in [1.165, 1.54) is 6.20 Å². The molecule has 0 saturated carbocycles. The zero-order chi connectivity index (χ0) is 18.4. The van der Waals surface area contributed by atoms with Crippen LogP contribution in [0.15, 0.2) is 35.6 Å². The van der Waals surface area contributed by atoms with Gasteiger partial charge in [-0.25, -0.2) is 14.8 Å². The molecule has 0 bridgehead atoms. The number of esters is 1. The molecule has 0 spiro atoms. The molecule has 1 atom stereocenters. The zero-order valence-electron chi connectivity index (χ0n) is 14.3. The van der Waals surface area contributed by atoms with Crippen molar-refractivity contribution in [2.45, 2.75) is 31.2 Å². The Labute approximate surface area is 150 Å². The number of anilines is 2. The highest BCUT2D eigenvalue weighted by Crippen LogP contribution is 2.23. The number of nitrogens with zero attached hydrogens (tertiary/aromatic N) is 2. The molecule has 0 fully saturated rings. The number of aromatic nitrogens is 2. The molecule has 7 nitrogen and oxygen atoms in total. The molecule has 0 aliphatic rings. The highest BCUT2D eigenvalue weighted by molar-refractivity contribution is 8.00. The Kier molecular flexibility index (Phi) is 6.35. The van der Waals surface area contributed by atoms with Gasteiger partial charge >= 0.3 is 5.97 Å². The molecule has 25 heavy (non-hydrogen) atoms. The fraction of sp³-hybridized carbons (Fsp3) is 0.294. The van der Waals surface area contributed by atoms with Crippen molar-refractivity contribution < 1.29 is 14.3 Å². The van der Waals surface area contributed by atoms with Crippen molar-refractivity contribution >= 4 is 35.1 Å². The normalized spacial score (nSPS) is 11.6. The Morgan fingerprint density at radius 1 is 1.36 bits per heavy atom. The Bertz CT molecular complexity index is 782. The van der Waals surface area contributed by atoms with Gasteiger partial charge in [-0.05, 0) is 32.4 Å². The van der Waals surface area contributed by atoms with Crippen LogP contribution in [0.1, 0.15) is 29.8 Å². The van der Waals surface area contributed by atoms with Crippen LogP contribution in [0.3, 0.4) is 0 Å². The summed E-state index contributed by atoms with van der Waals surface area (Å²) < 4.78 is 4.88. The maximum atomic E-state index is 12.3. The van der Waals surface area contributed by atoms with Crippen LogP contribution in [0.5, 0.6) is 0 Å². The van der Waals surface area contributed by atoms with Gasteiger partial charge in [0.2, 0.25) is 5.91 Å². The number of para-hydroxylation sites is 1. The van der Waals surface area contributed by atoms with Crippen molar-refractivity contribution in [1.29, 1.82) is 0 Å². The van der Waals surface area contributed by atoms with Gasteiger partial charge in [0.15, 0.2) is 5.16 Å². The molecule has 132 valence electrons. The molecule has 3 N–H and O–H groups in total. The summed E-state index contributed by atoms with van der Waals surface area (Å²) in [7, 11) is 0. The second-order valence-electron chi connectivity index (χ2n) is 5.24. The summed E-state index contributed by atoms with van der Waals surface area (Å²) in [5, 5.41) is 2.75. The van der Waals surface area contributed by atoms with Crippen molar-refractivity contribution in [3.05, 3.63) is 41.6 Å². The van der Waals surface area contributed by atoms with Crippen LogP contribution in [-0.4, -0.2) is 33.7 Å². The third-order valence-corrected chi connectivity index (χ3v) is 4.32. The number of aryl methyl sites for hydroxylation is 1. The minimum Gasteiger partial charge on any atom is -0.462 e. The van der Waals surface area contributed by atoms with Crippen molar-refractivity contribution in [2.75, 3.05) is 17.7 Å². The second kappa shape index (κ2) is 8.48. The number of thioether (sulfide) groups is 1. The summed E-state index contributed by atoms with van der Waals surface area (Å²) in [6.07, 6.45) is 1.31. The number of nitrogen functional groups attached to an aromatic ring is 1. The second-order valence-corrected chi connectivity index (χ2v) is 6.54. The lowest BCUT2D eigenvalue weighted by Crippen LogP contribution is -2.23. The summed E-state index contributed by atoms with van der Waals surface area (Å²) in [6.45, 7) is 5.61. The molecule has 1 heterocycles. The van der Waals surface area contributed by atoms with E-state index >= 15 is 0 Å². The van der Waals surface area contributed by atoms with Gasteiger partial charge in [-0.1, -0.05) is 30.0 Å². The quantitative estimate of drug-likeness (QED) is 0.463. The lowest BCUT2D eigenvalue weighted by molar-refractivity contribution is -0.115. The molecule has 2 rings (SSSR count). The molecule has 1 aromatic heterocycles. The smallest absolute Gasteiger partial charge is 0.343 e. The van der Waals surface area contributed by atoms with Crippen molar-refractivity contribution in [3.63, 3.8) is 0 Å². The third-order valence-electron chi connectivity index (χ3n) is 3.35. The van der Waals surface area contributed by atoms with Crippen LogP contribution in [0.25, 0.3) is 0 Å². The predicted molar refractivity (Wildman–Crippen MR) is 97.5 cm³/mol. The maximum absolute atomic E-state index is 12.3. The number of nitrogens with two attached hydrogens (primary N) is 1. The van der Waals surface area contributed by atoms with Gasteiger partial charge in [0.25, 0.3) is 0 Å². The van der Waals surface area contributed by atoms with Gasteiger partial charge in [0.1, 0.15) is 11.4 Å². The van der Waals surface area contributed by atoms with E-state index in [2.05, 4.69) is 15.3 Å². The predicted octanol–water partition coefficient (Wildman–Crippen LogP) is 2.66. The molecule has 0 saturated heterocycles. The van der Waals surface area contributed by atoms with Gasteiger partial charge in [0, 0.05) is 11.9 Å². The van der Waals surface area contributed by atoms with Crippen LogP contribution in [0, 0.1) is 6.92 Å². The number of carbonyl (C=O) groups excluding carboxylic acids is 2. The molecule has 8 heteroatoms. The average Bonchev–Trinajstić information content (AvgIpc) is 2.57. The monoisotopic (exact) mass is 360 g/mol. The highest BCUT2D eigenvalue weighted by atomic mass is 32.2. The van der Waals surface area contributed by atoms with E-state index in [4.69, 9.17) is 10.5 Å². The summed E-state index contributed by atoms with van der Waals surface area (Å²) in [5.41, 5.74) is 7.64. The van der Waals surface area contributed by atoms with Gasteiger partial charge in [0.05, 0.1) is 11.9 Å². The molecule has 0 radical (unpaired) electrons. The molecular formula is C17H20N4O3S. The highest BCUT2D eigenvalue weighted by Gasteiger charge is 2.19. The Hall–Kier alpha value is -2.61. The molecule has 0 aliphatic heterocycles. The average molecular weight is 360 g/mol. The molecular weight excluding hydrogens is 340 g/mol. The minimum atomic E-state index is -0.568. The number of amides is 1. The van der Waals surface area contributed by atoms with E-state index in [0.717, 1.165) is 23.0 Å². The lowest BCUT2D eigenvalue weighted by atomic mass is 10.2. The summed E-state index contributed by atoms with van der Waals surface area (Å²) in [5.74, 6) is -0.708. The van der Waals surface area contributed by atoms with Crippen LogP contribution < -0.4 is 11.1 Å². The number of benzene rings is 1.